The van der Waals surface area contributed by atoms with Gasteiger partial charge >= 0.3 is 0 Å². The summed E-state index contributed by atoms with van der Waals surface area (Å²) in [6.45, 7) is 16.3. The van der Waals surface area contributed by atoms with Crippen LogP contribution < -0.4 is 0 Å². The zero-order valence-electron chi connectivity index (χ0n) is 38.2. The van der Waals surface area contributed by atoms with E-state index in [2.05, 4.69) is 78.8 Å². The number of hydrogen-bond donors (Lipinski definition) is 0. The normalized spacial score (nSPS) is 13.1. The van der Waals surface area contributed by atoms with Crippen molar-refractivity contribution in [2.24, 2.45) is 0 Å². The summed E-state index contributed by atoms with van der Waals surface area (Å²) < 4.78 is 1.65. The molecule has 0 atom stereocenters. The first-order valence-electron chi connectivity index (χ1n) is 24.7. The van der Waals surface area contributed by atoms with E-state index in [1.54, 1.807) is 38.1 Å². The molecule has 0 unspecified atom stereocenters. The van der Waals surface area contributed by atoms with E-state index in [1.807, 2.05) is 0 Å². The lowest BCUT2D eigenvalue weighted by Gasteiger charge is -2.20. The Hall–Kier alpha value is -2.48. The molecule has 2 heteroatoms. The third-order valence-corrected chi connectivity index (χ3v) is 12.6. The summed E-state index contributed by atoms with van der Waals surface area (Å²) in [5, 5.41) is 0. The van der Waals surface area contributed by atoms with Gasteiger partial charge in [0.25, 0.3) is 0 Å². The highest BCUT2D eigenvalue weighted by Crippen LogP contribution is 2.41. The van der Waals surface area contributed by atoms with Gasteiger partial charge in [-0.25, -0.2) is 4.70 Å². The van der Waals surface area contributed by atoms with Crippen molar-refractivity contribution in [2.75, 3.05) is 0 Å². The fourth-order valence-electron chi connectivity index (χ4n) is 9.09. The predicted molar refractivity (Wildman–Crippen MR) is 249 cm³/mol. The van der Waals surface area contributed by atoms with Gasteiger partial charge in [0.1, 0.15) is 0 Å². The van der Waals surface area contributed by atoms with E-state index in [4.69, 9.17) is 0 Å². The fraction of sp³-hybridized carbons (Fsp3) is 0.704. The van der Waals surface area contributed by atoms with Crippen LogP contribution in [0.5, 0.6) is 0 Å². The van der Waals surface area contributed by atoms with Gasteiger partial charge in [0, 0.05) is 22.8 Å². The van der Waals surface area contributed by atoms with Gasteiger partial charge in [-0.2, -0.15) is 0 Å². The molecule has 1 aliphatic heterocycles. The molecule has 2 aromatic rings. The smallest absolute Gasteiger partial charge is 0.210 e. The molecular formula is C54H88N2. The topological polar surface area (TPSA) is 25.3 Å². The second kappa shape index (κ2) is 28.8. The number of nitrogens with zero attached hydrogens (tertiary/aromatic N) is 2. The highest BCUT2D eigenvalue weighted by Gasteiger charge is 2.31. The van der Waals surface area contributed by atoms with E-state index in [0.717, 1.165) is 43.5 Å². The van der Waals surface area contributed by atoms with Crippen molar-refractivity contribution in [3.05, 3.63) is 86.0 Å². The lowest BCUT2D eigenvalue weighted by molar-refractivity contribution is -0.344. The molecule has 1 heterocycles. The van der Waals surface area contributed by atoms with Gasteiger partial charge in [0.15, 0.2) is 0 Å². The van der Waals surface area contributed by atoms with Crippen LogP contribution in [0.25, 0.3) is 16.9 Å². The molecule has 0 saturated heterocycles. The van der Waals surface area contributed by atoms with Gasteiger partial charge in [-0.15, -0.1) is 0 Å². The number of aryl methyl sites for hydroxylation is 4. The Morgan fingerprint density at radius 3 is 1.02 bits per heavy atom. The van der Waals surface area contributed by atoms with Gasteiger partial charge < -0.3 is 5.53 Å². The van der Waals surface area contributed by atoms with Crippen molar-refractivity contribution in [3.63, 3.8) is 0 Å². The van der Waals surface area contributed by atoms with E-state index < -0.39 is 0 Å². The van der Waals surface area contributed by atoms with Crippen LogP contribution in [0.15, 0.2) is 35.9 Å². The fourth-order valence-corrected chi connectivity index (χ4v) is 9.09. The maximum atomic E-state index is 12.6. The molecule has 0 aliphatic carbocycles. The van der Waals surface area contributed by atoms with Crippen molar-refractivity contribution in [2.45, 2.75) is 248 Å². The minimum absolute atomic E-state index is 1.00. The first-order valence-corrected chi connectivity index (χ1v) is 24.7. The van der Waals surface area contributed by atoms with Crippen LogP contribution in [-0.4, -0.2) is 4.70 Å². The van der Waals surface area contributed by atoms with E-state index >= 15 is 0 Å². The van der Waals surface area contributed by atoms with Crippen molar-refractivity contribution >= 4 is 11.4 Å². The second-order valence-corrected chi connectivity index (χ2v) is 17.5. The summed E-state index contributed by atoms with van der Waals surface area (Å²) in [5.41, 5.74) is 27.9. The third-order valence-electron chi connectivity index (χ3n) is 12.6. The van der Waals surface area contributed by atoms with Crippen LogP contribution in [0.4, 0.5) is 0 Å². The van der Waals surface area contributed by atoms with Gasteiger partial charge in [-0.3, -0.25) is 0 Å². The molecule has 3 rings (SSSR count). The zero-order valence-corrected chi connectivity index (χ0v) is 38.2. The lowest BCUT2D eigenvalue weighted by atomic mass is 9.87. The summed E-state index contributed by atoms with van der Waals surface area (Å²) in [6.07, 6.45) is 40.9. The Kier molecular flexibility index (Phi) is 24.7. The quantitative estimate of drug-likeness (QED) is 0.0511. The van der Waals surface area contributed by atoms with Gasteiger partial charge in [0.2, 0.25) is 11.4 Å². The number of benzene rings is 2. The van der Waals surface area contributed by atoms with Crippen LogP contribution in [0.2, 0.25) is 0 Å². The first kappa shape index (κ1) is 47.9. The van der Waals surface area contributed by atoms with E-state index in [0.29, 0.717) is 0 Å². The van der Waals surface area contributed by atoms with E-state index in [-0.39, 0.29) is 0 Å². The predicted octanol–water partition coefficient (Wildman–Crippen LogP) is 17.6. The Labute approximate surface area is 348 Å². The summed E-state index contributed by atoms with van der Waals surface area (Å²) in [4.78, 5) is 0. The molecule has 0 amide bonds. The minimum atomic E-state index is 1.00. The number of rotatable bonds is 33. The highest BCUT2D eigenvalue weighted by atomic mass is 15.2. The van der Waals surface area contributed by atoms with Gasteiger partial charge in [-0.05, 0) is 148 Å². The maximum Gasteiger partial charge on any atom is 0.210 e. The summed E-state index contributed by atoms with van der Waals surface area (Å²) in [7, 11) is 0. The van der Waals surface area contributed by atoms with Crippen LogP contribution in [-0.2, 0) is 38.5 Å². The Morgan fingerprint density at radius 2 is 0.679 bits per heavy atom. The Balaban J connectivity index is 2.19. The Bertz CT molecular complexity index is 1410. The summed E-state index contributed by atoms with van der Waals surface area (Å²) >= 11 is 0. The molecule has 0 radical (unpaired) electrons. The second-order valence-electron chi connectivity index (χ2n) is 17.5. The largest absolute Gasteiger partial charge is 0.493 e. The maximum absolute atomic E-state index is 12.6. The monoisotopic (exact) mass is 765 g/mol. The molecule has 0 saturated carbocycles. The van der Waals surface area contributed by atoms with E-state index in [1.165, 1.54) is 184 Å². The SMILES string of the molecule is CCCCCCC1=C(c2cc(CCCCCC)c(CCCC)c(CCCCCC)c2)[N+](=[N-])C(c2cc(CCCCCC)c(CCCC)c(CCCCCC)c2)=C1. The molecule has 0 N–H and O–H groups in total. The van der Waals surface area contributed by atoms with Crippen LogP contribution in [0.1, 0.15) is 253 Å². The summed E-state index contributed by atoms with van der Waals surface area (Å²) in [5.74, 6) is 0. The molecule has 1 aliphatic rings. The first-order chi connectivity index (χ1) is 27.5. The van der Waals surface area contributed by atoms with Crippen molar-refractivity contribution in [3.8, 4) is 0 Å². The molecule has 314 valence electrons. The highest BCUT2D eigenvalue weighted by molar-refractivity contribution is 5.79. The van der Waals surface area contributed by atoms with Crippen LogP contribution >= 0.6 is 0 Å². The zero-order chi connectivity index (χ0) is 40.4. The average molecular weight is 765 g/mol. The standard InChI is InChI=1S/C54H88N2/c1-8-15-22-27-32-44-39-49(40-45(33-28-23-16-9-2)51(44)37-20-13-6)53-43-48(36-31-26-19-12-5)54(56(53)55)50-41-46(34-29-24-17-10-3)52(38-21-14-7)47(42-50)35-30-25-18-11-4/h39-43H,8-38H2,1-7H3. The van der Waals surface area contributed by atoms with Crippen molar-refractivity contribution in [1.29, 1.82) is 0 Å². The van der Waals surface area contributed by atoms with E-state index in [9.17, 15) is 5.53 Å². The van der Waals surface area contributed by atoms with Crippen molar-refractivity contribution < 1.29 is 4.70 Å². The molecule has 2 aromatic carbocycles. The van der Waals surface area contributed by atoms with Gasteiger partial charge in [-0.1, -0.05) is 158 Å². The molecule has 0 fully saturated rings. The number of unbranched alkanes of at least 4 members (excludes halogenated alkanes) is 17. The molecule has 2 nitrogen and oxygen atoms in total. The number of allylic oxidation sites excluding steroid dienone is 2. The number of hydrogen-bond acceptors (Lipinski definition) is 0. The molecular weight excluding hydrogens is 677 g/mol. The van der Waals surface area contributed by atoms with Gasteiger partial charge in [0.05, 0.1) is 0 Å². The van der Waals surface area contributed by atoms with Crippen LogP contribution in [0, 0.1) is 0 Å². The minimum Gasteiger partial charge on any atom is -0.493 e. The molecule has 0 aromatic heterocycles. The third kappa shape index (κ3) is 15.7. The molecule has 0 spiro atoms. The van der Waals surface area contributed by atoms with Crippen molar-refractivity contribution in [1.82, 2.24) is 0 Å². The average Bonchev–Trinajstić information content (AvgIpc) is 3.54. The lowest BCUT2D eigenvalue weighted by Crippen LogP contribution is -2.09. The Morgan fingerprint density at radius 1 is 0.357 bits per heavy atom. The molecule has 56 heavy (non-hydrogen) atoms. The van der Waals surface area contributed by atoms with Crippen LogP contribution in [0.3, 0.4) is 0 Å². The molecule has 0 bridgehead atoms. The summed E-state index contributed by atoms with van der Waals surface area (Å²) in [6, 6.07) is 10.1.